The Labute approximate surface area is 162 Å². The average molecular weight is 378 g/mol. The number of benzene rings is 2. The summed E-state index contributed by atoms with van der Waals surface area (Å²) in [5.74, 6) is 0.232. The molecule has 1 aromatic heterocycles. The number of para-hydroxylation sites is 1. The first kappa shape index (κ1) is 18.3. The number of ether oxygens (including phenoxy) is 2. The summed E-state index contributed by atoms with van der Waals surface area (Å²) in [6.07, 6.45) is 2.09. The number of rotatable bonds is 5. The number of hydrogen-bond acceptors (Lipinski definition) is 4. The van der Waals surface area contributed by atoms with E-state index in [9.17, 15) is 9.59 Å². The topological polar surface area (TPSA) is 80.4 Å². The van der Waals surface area contributed by atoms with E-state index >= 15 is 0 Å². The summed E-state index contributed by atoms with van der Waals surface area (Å²) < 4.78 is 11.4. The molecule has 1 atom stereocenters. The maximum atomic E-state index is 12.8. The Morgan fingerprint density at radius 2 is 2.11 bits per heavy atom. The van der Waals surface area contributed by atoms with Crippen LogP contribution in [0.25, 0.3) is 10.9 Å². The number of nitrogens with one attached hydrogen (secondary N) is 2. The molecule has 144 valence electrons. The molecule has 1 saturated heterocycles. The molecule has 0 radical (unpaired) electrons. The number of aromatic amines is 1. The van der Waals surface area contributed by atoms with Crippen LogP contribution in [0.1, 0.15) is 28.9 Å². The summed E-state index contributed by atoms with van der Waals surface area (Å²) in [5, 5.41) is 3.39. The van der Waals surface area contributed by atoms with Crippen LogP contribution in [-0.4, -0.2) is 30.2 Å². The van der Waals surface area contributed by atoms with Gasteiger partial charge in [-0.05, 0) is 50.1 Å². The van der Waals surface area contributed by atoms with E-state index in [2.05, 4.69) is 10.3 Å². The van der Waals surface area contributed by atoms with Crippen molar-refractivity contribution < 1.29 is 14.3 Å². The van der Waals surface area contributed by atoms with Gasteiger partial charge < -0.3 is 19.8 Å². The van der Waals surface area contributed by atoms with Crippen LogP contribution in [0.5, 0.6) is 5.75 Å². The van der Waals surface area contributed by atoms with Gasteiger partial charge in [-0.2, -0.15) is 0 Å². The number of aryl methyl sites for hydroxylation is 1. The molecule has 1 aliphatic heterocycles. The van der Waals surface area contributed by atoms with Gasteiger partial charge in [0, 0.05) is 35.0 Å². The van der Waals surface area contributed by atoms with E-state index in [1.807, 2.05) is 13.0 Å². The number of carbonyl (C=O) groups is 1. The molecule has 1 aliphatic rings. The van der Waals surface area contributed by atoms with Crippen LogP contribution in [-0.2, 0) is 4.74 Å². The Hall–Kier alpha value is -3.12. The van der Waals surface area contributed by atoms with Crippen LogP contribution in [0.3, 0.4) is 0 Å². The first-order chi connectivity index (χ1) is 13.6. The lowest BCUT2D eigenvalue weighted by Crippen LogP contribution is -2.19. The van der Waals surface area contributed by atoms with Crippen LogP contribution < -0.4 is 15.5 Å². The van der Waals surface area contributed by atoms with Gasteiger partial charge in [-0.1, -0.05) is 12.1 Å². The van der Waals surface area contributed by atoms with E-state index < -0.39 is 0 Å². The van der Waals surface area contributed by atoms with Gasteiger partial charge in [0.15, 0.2) is 5.43 Å². The van der Waals surface area contributed by atoms with Gasteiger partial charge in [0.25, 0.3) is 5.91 Å². The highest BCUT2D eigenvalue weighted by molar-refractivity contribution is 6.06. The Morgan fingerprint density at radius 1 is 1.25 bits per heavy atom. The second-order valence-corrected chi connectivity index (χ2v) is 6.97. The molecule has 6 heteroatoms. The van der Waals surface area contributed by atoms with E-state index in [0.29, 0.717) is 29.0 Å². The molecule has 4 rings (SSSR count). The molecule has 0 spiro atoms. The maximum Gasteiger partial charge on any atom is 0.259 e. The summed E-state index contributed by atoms with van der Waals surface area (Å²) in [6.45, 7) is 3.02. The van der Waals surface area contributed by atoms with Gasteiger partial charge in [-0.3, -0.25) is 9.59 Å². The van der Waals surface area contributed by atoms with Gasteiger partial charge >= 0.3 is 0 Å². The fourth-order valence-corrected chi connectivity index (χ4v) is 3.39. The van der Waals surface area contributed by atoms with Gasteiger partial charge in [0.2, 0.25) is 0 Å². The van der Waals surface area contributed by atoms with Crippen molar-refractivity contribution in [3.05, 3.63) is 70.0 Å². The largest absolute Gasteiger partial charge is 0.490 e. The molecule has 28 heavy (non-hydrogen) atoms. The smallest absolute Gasteiger partial charge is 0.259 e. The first-order valence-corrected chi connectivity index (χ1v) is 9.38. The van der Waals surface area contributed by atoms with Crippen LogP contribution >= 0.6 is 0 Å². The first-order valence-electron chi connectivity index (χ1n) is 9.38. The Bertz CT molecular complexity index is 1070. The highest BCUT2D eigenvalue weighted by Crippen LogP contribution is 2.22. The zero-order chi connectivity index (χ0) is 19.5. The standard InChI is InChI=1S/C22H22N2O4/c1-14-11-20(25)18-12-15(8-9-19(18)23-14)24-22(26)17-6-2-3-7-21(17)28-13-16-5-4-10-27-16/h2-3,6-9,11-12,16H,4-5,10,13H2,1H3,(H,23,25)(H,24,26)/t16-/m0/s1. The maximum absolute atomic E-state index is 12.8. The number of amides is 1. The van der Waals surface area contributed by atoms with Gasteiger partial charge in [-0.15, -0.1) is 0 Å². The minimum Gasteiger partial charge on any atom is -0.490 e. The molecular weight excluding hydrogens is 356 g/mol. The molecule has 0 aliphatic carbocycles. The third-order valence-electron chi connectivity index (χ3n) is 4.80. The van der Waals surface area contributed by atoms with Crippen LogP contribution in [0, 0.1) is 6.92 Å². The minimum absolute atomic E-state index is 0.0757. The van der Waals surface area contributed by atoms with Crippen molar-refractivity contribution in [2.75, 3.05) is 18.5 Å². The molecule has 1 amide bonds. The molecule has 6 nitrogen and oxygen atoms in total. The fraction of sp³-hybridized carbons (Fsp3) is 0.273. The average Bonchev–Trinajstić information content (AvgIpc) is 3.20. The summed E-state index contributed by atoms with van der Waals surface area (Å²) in [4.78, 5) is 28.2. The molecule has 0 unspecified atom stereocenters. The normalized spacial score (nSPS) is 16.2. The Morgan fingerprint density at radius 3 is 2.93 bits per heavy atom. The lowest BCUT2D eigenvalue weighted by Gasteiger charge is -2.14. The van der Waals surface area contributed by atoms with Crippen LogP contribution in [0.15, 0.2) is 53.3 Å². The third-order valence-corrected chi connectivity index (χ3v) is 4.80. The number of anilines is 1. The van der Waals surface area contributed by atoms with E-state index in [-0.39, 0.29) is 17.4 Å². The number of carbonyl (C=O) groups excluding carboxylic acids is 1. The molecule has 2 N–H and O–H groups in total. The van der Waals surface area contributed by atoms with Crippen LogP contribution in [0.4, 0.5) is 5.69 Å². The number of fused-ring (bicyclic) bond motifs is 1. The lowest BCUT2D eigenvalue weighted by atomic mass is 10.1. The van der Waals surface area contributed by atoms with Crippen molar-refractivity contribution in [2.45, 2.75) is 25.9 Å². The Kier molecular flexibility index (Phi) is 5.12. The van der Waals surface area contributed by atoms with E-state index in [1.54, 1.807) is 42.5 Å². The van der Waals surface area contributed by atoms with Crippen molar-refractivity contribution in [1.29, 1.82) is 0 Å². The predicted octanol–water partition coefficient (Wildman–Crippen LogP) is 3.65. The molecule has 2 heterocycles. The monoisotopic (exact) mass is 378 g/mol. The number of H-pyrrole nitrogens is 1. The second kappa shape index (κ2) is 7.86. The zero-order valence-electron chi connectivity index (χ0n) is 15.7. The van der Waals surface area contributed by atoms with Gasteiger partial charge in [0.05, 0.1) is 11.7 Å². The second-order valence-electron chi connectivity index (χ2n) is 6.97. The third kappa shape index (κ3) is 3.92. The molecule has 0 bridgehead atoms. The van der Waals surface area contributed by atoms with E-state index in [1.165, 1.54) is 0 Å². The quantitative estimate of drug-likeness (QED) is 0.710. The zero-order valence-corrected chi connectivity index (χ0v) is 15.7. The van der Waals surface area contributed by atoms with Gasteiger partial charge in [0.1, 0.15) is 12.4 Å². The highest BCUT2D eigenvalue weighted by Gasteiger charge is 2.18. The summed E-state index contributed by atoms with van der Waals surface area (Å²) >= 11 is 0. The van der Waals surface area contributed by atoms with Crippen molar-refractivity contribution in [3.8, 4) is 5.75 Å². The van der Waals surface area contributed by atoms with Gasteiger partial charge in [-0.25, -0.2) is 0 Å². The predicted molar refractivity (Wildman–Crippen MR) is 108 cm³/mol. The summed E-state index contributed by atoms with van der Waals surface area (Å²) in [5.41, 5.74) is 2.46. The minimum atomic E-state index is -0.286. The number of pyridine rings is 1. The molecular formula is C22H22N2O4. The van der Waals surface area contributed by atoms with Crippen molar-refractivity contribution in [3.63, 3.8) is 0 Å². The van der Waals surface area contributed by atoms with Crippen molar-refractivity contribution in [1.82, 2.24) is 4.98 Å². The molecule has 0 saturated carbocycles. The van der Waals surface area contributed by atoms with Crippen molar-refractivity contribution >= 4 is 22.5 Å². The summed E-state index contributed by atoms with van der Waals surface area (Å²) in [6, 6.07) is 13.9. The highest BCUT2D eigenvalue weighted by atomic mass is 16.5. The van der Waals surface area contributed by atoms with E-state index in [4.69, 9.17) is 9.47 Å². The molecule has 1 fully saturated rings. The lowest BCUT2D eigenvalue weighted by molar-refractivity contribution is 0.0673. The van der Waals surface area contributed by atoms with Crippen molar-refractivity contribution in [2.24, 2.45) is 0 Å². The Balaban J connectivity index is 1.53. The van der Waals surface area contributed by atoms with E-state index in [0.717, 1.165) is 30.7 Å². The summed E-state index contributed by atoms with van der Waals surface area (Å²) in [7, 11) is 0. The molecule has 2 aromatic carbocycles. The fourth-order valence-electron chi connectivity index (χ4n) is 3.39. The molecule has 3 aromatic rings. The van der Waals surface area contributed by atoms with Crippen LogP contribution in [0.2, 0.25) is 0 Å². The number of hydrogen-bond donors (Lipinski definition) is 2. The number of aromatic nitrogens is 1. The SMILES string of the molecule is Cc1cc(=O)c2cc(NC(=O)c3ccccc3OC[C@@H]3CCCO3)ccc2[nH]1.